The summed E-state index contributed by atoms with van der Waals surface area (Å²) in [5.74, 6) is -5.27. The minimum atomic E-state index is -4.79. The Kier molecular flexibility index (Phi) is 7.46. The largest absolute Gasteiger partial charge is 0.452 e. The molecule has 0 saturated carbocycles. The normalized spacial score (nSPS) is 12.1. The van der Waals surface area contributed by atoms with Crippen molar-refractivity contribution in [2.24, 2.45) is 0 Å². The van der Waals surface area contributed by atoms with Crippen molar-refractivity contribution in [3.05, 3.63) is 54.1 Å². The molecule has 1 amide bonds. The molecule has 2 aromatic carbocycles. The van der Waals surface area contributed by atoms with Crippen LogP contribution in [-0.2, 0) is 29.4 Å². The highest BCUT2D eigenvalue weighted by atomic mass is 32.2. The van der Waals surface area contributed by atoms with E-state index in [2.05, 4.69) is 5.32 Å². The predicted octanol–water partition coefficient (Wildman–Crippen LogP) is 1.73. The number of nitrogens with one attached hydrogen (secondary N) is 1. The van der Waals surface area contributed by atoms with Gasteiger partial charge in [0, 0.05) is 19.8 Å². The summed E-state index contributed by atoms with van der Waals surface area (Å²) in [5.41, 5.74) is 0.125. The highest BCUT2D eigenvalue weighted by Crippen LogP contribution is 2.19. The van der Waals surface area contributed by atoms with E-state index in [0.717, 1.165) is 28.6 Å². The molecule has 0 aliphatic carbocycles. The standard InChI is InChI=1S/C18H18F2N2O7S2/c1-22(2)31(27,28)15-9-5-13(6-10-15)21-16(23)11-29-17(24)12-3-7-14(8-4-12)30(25,26)18(19)20/h3-10,18H,11H2,1-2H3,(H,21,23). The van der Waals surface area contributed by atoms with E-state index in [1.165, 1.54) is 38.4 Å². The van der Waals surface area contributed by atoms with Crippen LogP contribution in [0.1, 0.15) is 10.4 Å². The zero-order chi connectivity index (χ0) is 23.4. The Morgan fingerprint density at radius 3 is 1.94 bits per heavy atom. The summed E-state index contributed by atoms with van der Waals surface area (Å²) in [4.78, 5) is 23.2. The van der Waals surface area contributed by atoms with Gasteiger partial charge in [-0.15, -0.1) is 0 Å². The van der Waals surface area contributed by atoms with Crippen LogP contribution in [0, 0.1) is 0 Å². The molecule has 0 fully saturated rings. The van der Waals surface area contributed by atoms with Gasteiger partial charge in [0.15, 0.2) is 6.61 Å². The second kappa shape index (κ2) is 9.49. The number of ether oxygens (including phenoxy) is 1. The van der Waals surface area contributed by atoms with E-state index in [1.807, 2.05) is 0 Å². The molecule has 2 aromatic rings. The van der Waals surface area contributed by atoms with E-state index in [0.29, 0.717) is 0 Å². The summed E-state index contributed by atoms with van der Waals surface area (Å²) < 4.78 is 77.5. The lowest BCUT2D eigenvalue weighted by Crippen LogP contribution is -2.22. The zero-order valence-electron chi connectivity index (χ0n) is 16.3. The van der Waals surface area contributed by atoms with Gasteiger partial charge in [-0.2, -0.15) is 8.78 Å². The van der Waals surface area contributed by atoms with Crippen LogP contribution in [0.5, 0.6) is 0 Å². The highest BCUT2D eigenvalue weighted by molar-refractivity contribution is 7.91. The number of alkyl halides is 2. The van der Waals surface area contributed by atoms with Crippen molar-refractivity contribution in [2.45, 2.75) is 15.5 Å². The first kappa shape index (κ1) is 24.4. The van der Waals surface area contributed by atoms with Crippen LogP contribution in [0.15, 0.2) is 58.3 Å². The number of amides is 1. The maximum absolute atomic E-state index is 12.5. The number of hydrogen-bond acceptors (Lipinski definition) is 7. The van der Waals surface area contributed by atoms with Crippen molar-refractivity contribution in [2.75, 3.05) is 26.0 Å². The maximum Gasteiger partial charge on any atom is 0.341 e. The Bertz CT molecular complexity index is 1160. The first-order valence-corrected chi connectivity index (χ1v) is 11.5. The Hall–Kier alpha value is -2.90. The second-order valence-corrected chi connectivity index (χ2v) is 10.3. The Morgan fingerprint density at radius 1 is 0.935 bits per heavy atom. The van der Waals surface area contributed by atoms with Gasteiger partial charge >= 0.3 is 11.7 Å². The minimum Gasteiger partial charge on any atom is -0.452 e. The van der Waals surface area contributed by atoms with Crippen LogP contribution in [0.3, 0.4) is 0 Å². The molecule has 13 heteroatoms. The number of esters is 1. The van der Waals surface area contributed by atoms with Crippen molar-refractivity contribution < 1.29 is 39.9 Å². The molecule has 0 aliphatic heterocycles. The summed E-state index contributed by atoms with van der Waals surface area (Å²) in [6, 6.07) is 8.95. The van der Waals surface area contributed by atoms with Crippen LogP contribution >= 0.6 is 0 Å². The number of benzene rings is 2. The fourth-order valence-electron chi connectivity index (χ4n) is 2.22. The molecular weight excluding hydrogens is 458 g/mol. The summed E-state index contributed by atoms with van der Waals surface area (Å²) in [6.45, 7) is -0.687. The minimum absolute atomic E-state index is 0.0271. The third-order valence-electron chi connectivity index (χ3n) is 3.90. The third-order valence-corrected chi connectivity index (χ3v) is 7.13. The molecule has 0 saturated heterocycles. The molecule has 0 heterocycles. The molecule has 168 valence electrons. The monoisotopic (exact) mass is 476 g/mol. The van der Waals surface area contributed by atoms with Crippen LogP contribution in [0.25, 0.3) is 0 Å². The van der Waals surface area contributed by atoms with Gasteiger partial charge in [0.05, 0.1) is 15.4 Å². The van der Waals surface area contributed by atoms with Crippen LogP contribution in [0.2, 0.25) is 0 Å². The van der Waals surface area contributed by atoms with Gasteiger partial charge in [-0.25, -0.2) is 25.9 Å². The molecular formula is C18H18F2N2O7S2. The first-order chi connectivity index (χ1) is 14.4. The number of rotatable bonds is 8. The fraction of sp³-hybridized carbons (Fsp3) is 0.222. The van der Waals surface area contributed by atoms with Crippen LogP contribution in [0.4, 0.5) is 14.5 Å². The number of halogens is 2. The van der Waals surface area contributed by atoms with E-state index in [-0.39, 0.29) is 16.1 Å². The molecule has 1 N–H and O–H groups in total. The first-order valence-electron chi connectivity index (χ1n) is 8.47. The van der Waals surface area contributed by atoms with Gasteiger partial charge in [-0.05, 0) is 48.5 Å². The number of sulfonamides is 1. The van der Waals surface area contributed by atoms with Gasteiger partial charge in [-0.3, -0.25) is 4.79 Å². The van der Waals surface area contributed by atoms with Gasteiger partial charge in [0.1, 0.15) is 0 Å². The second-order valence-electron chi connectivity index (χ2n) is 6.27. The molecule has 31 heavy (non-hydrogen) atoms. The number of nitrogens with zero attached hydrogens (tertiary/aromatic N) is 1. The Morgan fingerprint density at radius 2 is 1.45 bits per heavy atom. The quantitative estimate of drug-likeness (QED) is 0.575. The van der Waals surface area contributed by atoms with E-state index in [1.54, 1.807) is 0 Å². The summed E-state index contributed by atoms with van der Waals surface area (Å²) in [5, 5.41) is 2.41. The molecule has 0 aliphatic rings. The van der Waals surface area contributed by atoms with Crippen LogP contribution in [-0.4, -0.2) is 59.5 Å². The summed E-state index contributed by atoms with van der Waals surface area (Å²) >= 11 is 0. The molecule has 2 rings (SSSR count). The molecule has 0 aromatic heterocycles. The van der Waals surface area contributed by atoms with Crippen molar-refractivity contribution in [3.8, 4) is 0 Å². The van der Waals surface area contributed by atoms with Gasteiger partial charge in [0.2, 0.25) is 19.9 Å². The smallest absolute Gasteiger partial charge is 0.341 e. The third kappa shape index (κ3) is 5.83. The molecule has 0 atom stereocenters. The lowest BCUT2D eigenvalue weighted by molar-refractivity contribution is -0.119. The number of carbonyl (C=O) groups is 2. The van der Waals surface area contributed by atoms with Crippen molar-refractivity contribution in [1.29, 1.82) is 0 Å². The van der Waals surface area contributed by atoms with Crippen molar-refractivity contribution in [3.63, 3.8) is 0 Å². The molecule has 0 bridgehead atoms. The fourth-order valence-corrected chi connectivity index (χ4v) is 3.84. The number of anilines is 1. The number of hydrogen-bond donors (Lipinski definition) is 1. The van der Waals surface area contributed by atoms with E-state index < -0.39 is 49.0 Å². The molecule has 0 radical (unpaired) electrons. The average molecular weight is 476 g/mol. The summed E-state index contributed by atoms with van der Waals surface area (Å²) in [7, 11) is -5.65. The molecule has 0 unspecified atom stereocenters. The van der Waals surface area contributed by atoms with E-state index in [4.69, 9.17) is 4.74 Å². The topological polar surface area (TPSA) is 127 Å². The Labute approximate surface area is 177 Å². The number of sulfone groups is 1. The van der Waals surface area contributed by atoms with Crippen LogP contribution < -0.4 is 5.32 Å². The summed E-state index contributed by atoms with van der Waals surface area (Å²) in [6.07, 6.45) is 0. The van der Waals surface area contributed by atoms with Crippen molar-refractivity contribution >= 4 is 37.4 Å². The Balaban J connectivity index is 1.95. The van der Waals surface area contributed by atoms with E-state index >= 15 is 0 Å². The average Bonchev–Trinajstić information content (AvgIpc) is 2.72. The maximum atomic E-state index is 12.5. The van der Waals surface area contributed by atoms with Gasteiger partial charge in [0.25, 0.3) is 5.91 Å². The number of carbonyl (C=O) groups excluding carboxylic acids is 2. The SMILES string of the molecule is CN(C)S(=O)(=O)c1ccc(NC(=O)COC(=O)c2ccc(S(=O)(=O)C(F)F)cc2)cc1. The van der Waals surface area contributed by atoms with Crippen molar-refractivity contribution in [1.82, 2.24) is 4.31 Å². The lowest BCUT2D eigenvalue weighted by Gasteiger charge is -2.12. The van der Waals surface area contributed by atoms with E-state index in [9.17, 15) is 35.2 Å². The molecule has 0 spiro atoms. The predicted molar refractivity (Wildman–Crippen MR) is 106 cm³/mol. The zero-order valence-corrected chi connectivity index (χ0v) is 17.9. The lowest BCUT2D eigenvalue weighted by atomic mass is 10.2. The van der Waals surface area contributed by atoms with Gasteiger partial charge in [-0.1, -0.05) is 0 Å². The highest BCUT2D eigenvalue weighted by Gasteiger charge is 2.26. The molecule has 9 nitrogen and oxygen atoms in total. The van der Waals surface area contributed by atoms with Gasteiger partial charge < -0.3 is 10.1 Å².